The van der Waals surface area contributed by atoms with Gasteiger partial charge in [-0.15, -0.1) is 0 Å². The quantitative estimate of drug-likeness (QED) is 0.219. The number of fused-ring (bicyclic) bond motifs is 1. The molecule has 0 N–H and O–H groups in total. The molecule has 0 radical (unpaired) electrons. The second-order valence-electron chi connectivity index (χ2n) is 9.52. The Hall–Kier alpha value is -3.40. The zero-order valence-electron chi connectivity index (χ0n) is 21.1. The van der Waals surface area contributed by atoms with E-state index < -0.39 is 0 Å². The summed E-state index contributed by atoms with van der Waals surface area (Å²) in [5.41, 5.74) is 7.49. The van der Waals surface area contributed by atoms with E-state index in [1.807, 2.05) is 0 Å². The van der Waals surface area contributed by atoms with Crippen LogP contribution in [-0.2, 0) is 0 Å². The first kappa shape index (κ1) is 24.7. The fraction of sp³-hybridized carbons (Fsp3) is 0.355. The zero-order valence-corrected chi connectivity index (χ0v) is 21.1. The molecule has 0 unspecified atom stereocenters. The molecule has 182 valence electrons. The molecule has 4 heteroatoms. The minimum Gasteiger partial charge on any atom is -0.494 e. The number of carbonyl (C=O) groups excluding carboxylic acids is 2. The average Bonchev–Trinajstić information content (AvgIpc) is 3.09. The standard InChI is InChI=1S/C31H35NO3/c1-22-13-12-14-23(2)29(22)26-18-17-25(21-24(26)3)35-20-11-7-5-4-6-10-19-32-30(33)27-15-8-9-16-28(27)31(32)34/h8-9,12-18,21H,4-7,10-11,19-20H2,1-3H3. The third-order valence-electron chi connectivity index (χ3n) is 6.87. The summed E-state index contributed by atoms with van der Waals surface area (Å²) in [6, 6.07) is 19.9. The second-order valence-corrected chi connectivity index (χ2v) is 9.52. The lowest BCUT2D eigenvalue weighted by Gasteiger charge is -2.14. The summed E-state index contributed by atoms with van der Waals surface area (Å²) < 4.78 is 6.01. The fourth-order valence-electron chi connectivity index (χ4n) is 4.96. The van der Waals surface area contributed by atoms with Crippen LogP contribution in [0.5, 0.6) is 5.75 Å². The first-order valence-electron chi connectivity index (χ1n) is 12.7. The minimum atomic E-state index is -0.153. The molecule has 0 saturated heterocycles. The summed E-state index contributed by atoms with van der Waals surface area (Å²) >= 11 is 0. The molecule has 1 heterocycles. The van der Waals surface area contributed by atoms with Crippen LogP contribution in [0, 0.1) is 20.8 Å². The van der Waals surface area contributed by atoms with Gasteiger partial charge in [-0.2, -0.15) is 0 Å². The van der Waals surface area contributed by atoms with Crippen molar-refractivity contribution < 1.29 is 14.3 Å². The number of amides is 2. The number of hydrogen-bond acceptors (Lipinski definition) is 3. The van der Waals surface area contributed by atoms with Crippen molar-refractivity contribution in [3.8, 4) is 16.9 Å². The number of aryl methyl sites for hydroxylation is 3. The number of rotatable bonds is 11. The van der Waals surface area contributed by atoms with Gasteiger partial charge in [0, 0.05) is 6.54 Å². The van der Waals surface area contributed by atoms with Crippen molar-refractivity contribution in [1.29, 1.82) is 0 Å². The molecule has 3 aromatic carbocycles. The number of unbranched alkanes of at least 4 members (excludes halogenated alkanes) is 5. The predicted octanol–water partition coefficient (Wildman–Crippen LogP) is 7.29. The van der Waals surface area contributed by atoms with E-state index in [0.29, 0.717) is 17.7 Å². The lowest BCUT2D eigenvalue weighted by atomic mass is 9.93. The van der Waals surface area contributed by atoms with Crippen LogP contribution in [-0.4, -0.2) is 29.9 Å². The molecule has 4 rings (SSSR count). The summed E-state index contributed by atoms with van der Waals surface area (Å²) in [4.78, 5) is 26.2. The molecule has 4 nitrogen and oxygen atoms in total. The van der Waals surface area contributed by atoms with E-state index >= 15 is 0 Å². The molecule has 3 aromatic rings. The molecule has 1 aliphatic rings. The van der Waals surface area contributed by atoms with Gasteiger partial charge in [0.25, 0.3) is 11.8 Å². The van der Waals surface area contributed by atoms with Crippen molar-refractivity contribution in [2.45, 2.75) is 59.3 Å². The summed E-state index contributed by atoms with van der Waals surface area (Å²) in [5.74, 6) is 0.624. The van der Waals surface area contributed by atoms with Crippen molar-refractivity contribution in [2.24, 2.45) is 0 Å². The number of imide groups is 1. The van der Waals surface area contributed by atoms with Gasteiger partial charge in [0.2, 0.25) is 0 Å². The number of carbonyl (C=O) groups is 2. The van der Waals surface area contributed by atoms with E-state index in [4.69, 9.17) is 4.74 Å². The van der Waals surface area contributed by atoms with Gasteiger partial charge in [0.05, 0.1) is 17.7 Å². The highest BCUT2D eigenvalue weighted by atomic mass is 16.5. The number of ether oxygens (including phenoxy) is 1. The fourth-order valence-corrected chi connectivity index (χ4v) is 4.96. The summed E-state index contributed by atoms with van der Waals surface area (Å²) in [7, 11) is 0. The Balaban J connectivity index is 1.12. The van der Waals surface area contributed by atoms with Crippen LogP contribution in [0.3, 0.4) is 0 Å². The van der Waals surface area contributed by atoms with Crippen molar-refractivity contribution in [3.63, 3.8) is 0 Å². The van der Waals surface area contributed by atoms with Gasteiger partial charge >= 0.3 is 0 Å². The highest BCUT2D eigenvalue weighted by Gasteiger charge is 2.34. The van der Waals surface area contributed by atoms with Crippen molar-refractivity contribution in [2.75, 3.05) is 13.2 Å². The first-order chi connectivity index (χ1) is 17.0. The van der Waals surface area contributed by atoms with Gasteiger partial charge in [-0.3, -0.25) is 14.5 Å². The third kappa shape index (κ3) is 5.64. The van der Waals surface area contributed by atoms with Crippen molar-refractivity contribution in [1.82, 2.24) is 4.90 Å². The van der Waals surface area contributed by atoms with Crippen LogP contribution in [0.2, 0.25) is 0 Å². The van der Waals surface area contributed by atoms with Crippen LogP contribution < -0.4 is 4.74 Å². The van der Waals surface area contributed by atoms with Crippen molar-refractivity contribution in [3.05, 3.63) is 88.5 Å². The Morgan fingerprint density at radius 2 is 1.23 bits per heavy atom. The van der Waals surface area contributed by atoms with Crippen LogP contribution in [0.1, 0.15) is 75.9 Å². The smallest absolute Gasteiger partial charge is 0.261 e. The Kier molecular flexibility index (Phi) is 8.02. The maximum absolute atomic E-state index is 12.4. The Bertz CT molecular complexity index is 1160. The number of benzene rings is 3. The third-order valence-corrected chi connectivity index (χ3v) is 6.87. The van der Waals surface area contributed by atoms with Gasteiger partial charge < -0.3 is 4.74 Å². The maximum Gasteiger partial charge on any atom is 0.261 e. The molecule has 0 saturated carbocycles. The largest absolute Gasteiger partial charge is 0.494 e. The predicted molar refractivity (Wildman–Crippen MR) is 141 cm³/mol. The highest BCUT2D eigenvalue weighted by Crippen LogP contribution is 2.32. The van der Waals surface area contributed by atoms with E-state index in [0.717, 1.165) is 50.9 Å². The highest BCUT2D eigenvalue weighted by molar-refractivity contribution is 6.21. The van der Waals surface area contributed by atoms with Gasteiger partial charge in [-0.1, -0.05) is 62.1 Å². The molecule has 0 bridgehead atoms. The van der Waals surface area contributed by atoms with Gasteiger partial charge in [-0.05, 0) is 85.7 Å². The molecule has 2 amide bonds. The molecule has 0 aromatic heterocycles. The van der Waals surface area contributed by atoms with E-state index in [-0.39, 0.29) is 11.8 Å². The van der Waals surface area contributed by atoms with Gasteiger partial charge in [-0.25, -0.2) is 0 Å². The molecule has 0 aliphatic carbocycles. The van der Waals surface area contributed by atoms with Gasteiger partial charge in [0.1, 0.15) is 5.75 Å². The molecular weight excluding hydrogens is 434 g/mol. The molecule has 0 atom stereocenters. The summed E-state index contributed by atoms with van der Waals surface area (Å²) in [5, 5.41) is 0. The van der Waals surface area contributed by atoms with Crippen LogP contribution in [0.25, 0.3) is 11.1 Å². The summed E-state index contributed by atoms with van der Waals surface area (Å²) in [6.45, 7) is 7.70. The molecule has 1 aliphatic heterocycles. The van der Waals surface area contributed by atoms with Gasteiger partial charge in [0.15, 0.2) is 0 Å². The normalized spacial score (nSPS) is 12.8. The molecule has 35 heavy (non-hydrogen) atoms. The average molecular weight is 470 g/mol. The van der Waals surface area contributed by atoms with Crippen LogP contribution >= 0.6 is 0 Å². The summed E-state index contributed by atoms with van der Waals surface area (Å²) in [6.07, 6.45) is 6.26. The Labute approximate surface area is 208 Å². The SMILES string of the molecule is Cc1cc(OCCCCCCCCN2C(=O)c3ccccc3C2=O)ccc1-c1c(C)cccc1C. The van der Waals surface area contributed by atoms with Crippen LogP contribution in [0.15, 0.2) is 60.7 Å². The minimum absolute atomic E-state index is 0.153. The lowest BCUT2D eigenvalue weighted by molar-refractivity contribution is 0.0651. The van der Waals surface area contributed by atoms with E-state index in [1.54, 1.807) is 24.3 Å². The second kappa shape index (κ2) is 11.4. The molecule has 0 fully saturated rings. The van der Waals surface area contributed by atoms with Crippen LogP contribution in [0.4, 0.5) is 0 Å². The van der Waals surface area contributed by atoms with E-state index in [1.165, 1.54) is 32.7 Å². The lowest BCUT2D eigenvalue weighted by Crippen LogP contribution is -2.30. The monoisotopic (exact) mass is 469 g/mol. The molecular formula is C31H35NO3. The number of hydrogen-bond donors (Lipinski definition) is 0. The van der Waals surface area contributed by atoms with E-state index in [2.05, 4.69) is 57.2 Å². The maximum atomic E-state index is 12.4. The zero-order chi connectivity index (χ0) is 24.8. The number of nitrogens with zero attached hydrogens (tertiary/aromatic N) is 1. The topological polar surface area (TPSA) is 46.6 Å². The Morgan fingerprint density at radius 3 is 1.86 bits per heavy atom. The van der Waals surface area contributed by atoms with Crippen molar-refractivity contribution >= 4 is 11.8 Å². The Morgan fingerprint density at radius 1 is 0.629 bits per heavy atom. The van der Waals surface area contributed by atoms with E-state index in [9.17, 15) is 9.59 Å². The first-order valence-corrected chi connectivity index (χ1v) is 12.7. The molecule has 0 spiro atoms.